The Bertz CT molecular complexity index is 495. The van der Waals surface area contributed by atoms with Crippen molar-refractivity contribution in [1.29, 1.82) is 0 Å². The molecule has 18 heavy (non-hydrogen) atoms. The standard InChI is InChI=1S/C13H18ClNO2S/c14-12-7-3-4-8-13(12)15-9-10-18(16,17)11-5-1-2-6-11/h3-4,7-8,11,15H,1-2,5-6,9-10H2. The molecule has 2 rings (SSSR count). The maximum absolute atomic E-state index is 12.0. The minimum absolute atomic E-state index is 0.120. The quantitative estimate of drug-likeness (QED) is 0.905. The number of rotatable bonds is 5. The fraction of sp³-hybridized carbons (Fsp3) is 0.538. The molecule has 0 atom stereocenters. The third-order valence-corrected chi connectivity index (χ3v) is 5.98. The van der Waals surface area contributed by atoms with Gasteiger partial charge in [0.1, 0.15) is 0 Å². The van der Waals surface area contributed by atoms with Crippen molar-refractivity contribution in [3.05, 3.63) is 29.3 Å². The molecular weight excluding hydrogens is 270 g/mol. The molecule has 0 aromatic heterocycles. The first-order valence-corrected chi connectivity index (χ1v) is 8.39. The third-order valence-electron chi connectivity index (χ3n) is 3.39. The Kier molecular flexibility index (Phi) is 4.51. The van der Waals surface area contributed by atoms with Crippen LogP contribution in [0.4, 0.5) is 5.69 Å². The molecule has 0 aliphatic heterocycles. The first-order valence-electron chi connectivity index (χ1n) is 6.29. The van der Waals surface area contributed by atoms with Crippen LogP contribution in [-0.2, 0) is 9.84 Å². The molecule has 0 heterocycles. The lowest BCUT2D eigenvalue weighted by Crippen LogP contribution is -2.25. The van der Waals surface area contributed by atoms with E-state index in [0.717, 1.165) is 31.4 Å². The molecule has 0 unspecified atom stereocenters. The van der Waals surface area contributed by atoms with Crippen LogP contribution >= 0.6 is 11.6 Å². The van der Waals surface area contributed by atoms with E-state index in [4.69, 9.17) is 11.6 Å². The summed E-state index contributed by atoms with van der Waals surface area (Å²) in [6.45, 7) is 0.419. The Morgan fingerprint density at radius 2 is 1.89 bits per heavy atom. The average molecular weight is 288 g/mol. The highest BCUT2D eigenvalue weighted by Gasteiger charge is 2.27. The fourth-order valence-corrected chi connectivity index (χ4v) is 4.32. The van der Waals surface area contributed by atoms with E-state index in [9.17, 15) is 8.42 Å². The second-order valence-electron chi connectivity index (χ2n) is 4.68. The molecule has 1 aliphatic carbocycles. The lowest BCUT2D eigenvalue weighted by molar-refractivity contribution is 0.580. The number of hydrogen-bond acceptors (Lipinski definition) is 3. The average Bonchev–Trinajstić information content (AvgIpc) is 2.86. The molecule has 1 saturated carbocycles. The smallest absolute Gasteiger partial charge is 0.154 e. The highest BCUT2D eigenvalue weighted by molar-refractivity contribution is 7.92. The molecule has 1 aromatic rings. The van der Waals surface area contributed by atoms with Gasteiger partial charge in [0.05, 0.1) is 21.7 Å². The van der Waals surface area contributed by atoms with Crippen LogP contribution in [-0.4, -0.2) is 26.0 Å². The normalized spacial score (nSPS) is 16.9. The van der Waals surface area contributed by atoms with Gasteiger partial charge in [-0.1, -0.05) is 36.6 Å². The van der Waals surface area contributed by atoms with E-state index in [-0.39, 0.29) is 11.0 Å². The van der Waals surface area contributed by atoms with E-state index >= 15 is 0 Å². The van der Waals surface area contributed by atoms with E-state index in [0.29, 0.717) is 11.6 Å². The lowest BCUT2D eigenvalue weighted by Gasteiger charge is -2.12. The van der Waals surface area contributed by atoms with Gasteiger partial charge in [0.25, 0.3) is 0 Å². The van der Waals surface area contributed by atoms with E-state index in [1.165, 1.54) is 0 Å². The first kappa shape index (κ1) is 13.7. The maximum atomic E-state index is 12.0. The molecule has 3 nitrogen and oxygen atoms in total. The van der Waals surface area contributed by atoms with Crippen molar-refractivity contribution in [1.82, 2.24) is 0 Å². The van der Waals surface area contributed by atoms with E-state index in [1.54, 1.807) is 6.07 Å². The third kappa shape index (κ3) is 3.39. The van der Waals surface area contributed by atoms with Gasteiger partial charge < -0.3 is 5.32 Å². The Morgan fingerprint density at radius 3 is 2.56 bits per heavy atom. The first-order chi connectivity index (χ1) is 8.59. The summed E-state index contributed by atoms with van der Waals surface area (Å²) in [5, 5.41) is 3.58. The van der Waals surface area contributed by atoms with Gasteiger partial charge in [-0.25, -0.2) is 8.42 Å². The molecule has 0 spiro atoms. The lowest BCUT2D eigenvalue weighted by atomic mass is 10.3. The highest BCUT2D eigenvalue weighted by atomic mass is 35.5. The van der Waals surface area contributed by atoms with Gasteiger partial charge in [0.2, 0.25) is 0 Å². The van der Waals surface area contributed by atoms with Gasteiger partial charge >= 0.3 is 0 Å². The molecule has 0 saturated heterocycles. The number of halogens is 1. The molecule has 0 amide bonds. The number of sulfone groups is 1. The van der Waals surface area contributed by atoms with Crippen LogP contribution in [0, 0.1) is 0 Å². The molecule has 0 bridgehead atoms. The number of anilines is 1. The summed E-state index contributed by atoms with van der Waals surface area (Å²) in [7, 11) is -2.95. The molecule has 1 N–H and O–H groups in total. The molecule has 1 aliphatic rings. The van der Waals surface area contributed by atoms with Crippen molar-refractivity contribution >= 4 is 27.1 Å². The van der Waals surface area contributed by atoms with Crippen molar-refractivity contribution in [2.75, 3.05) is 17.6 Å². The molecule has 5 heteroatoms. The van der Waals surface area contributed by atoms with Crippen molar-refractivity contribution < 1.29 is 8.42 Å². The summed E-state index contributed by atoms with van der Waals surface area (Å²) >= 11 is 5.99. The zero-order valence-electron chi connectivity index (χ0n) is 10.2. The summed E-state index contributed by atoms with van der Waals surface area (Å²) in [5.41, 5.74) is 0.792. The molecule has 100 valence electrons. The topological polar surface area (TPSA) is 46.2 Å². The summed E-state index contributed by atoms with van der Waals surface area (Å²) < 4.78 is 24.1. The molecular formula is C13H18ClNO2S. The number of para-hydroxylation sites is 1. The van der Waals surface area contributed by atoms with Crippen molar-refractivity contribution in [3.63, 3.8) is 0 Å². The second-order valence-corrected chi connectivity index (χ2v) is 7.49. The number of nitrogens with one attached hydrogen (secondary N) is 1. The highest BCUT2D eigenvalue weighted by Crippen LogP contribution is 2.25. The predicted octanol–water partition coefficient (Wildman–Crippen LogP) is 3.11. The number of hydrogen-bond donors (Lipinski definition) is 1. The minimum atomic E-state index is -2.95. The zero-order valence-corrected chi connectivity index (χ0v) is 11.8. The summed E-state index contributed by atoms with van der Waals surface area (Å²) in [6, 6.07) is 7.36. The monoisotopic (exact) mass is 287 g/mol. The van der Waals surface area contributed by atoms with Crippen molar-refractivity contribution in [3.8, 4) is 0 Å². The van der Waals surface area contributed by atoms with E-state index in [2.05, 4.69) is 5.32 Å². The van der Waals surface area contributed by atoms with Crippen LogP contribution in [0.2, 0.25) is 5.02 Å². The van der Waals surface area contributed by atoms with Crippen LogP contribution < -0.4 is 5.32 Å². The van der Waals surface area contributed by atoms with Gasteiger partial charge in [-0.15, -0.1) is 0 Å². The SMILES string of the molecule is O=S(=O)(CCNc1ccccc1Cl)C1CCCC1. The zero-order chi connectivity index (χ0) is 13.0. The van der Waals surface area contributed by atoms with Crippen LogP contribution in [0.15, 0.2) is 24.3 Å². The molecule has 1 aromatic carbocycles. The second kappa shape index (κ2) is 5.93. The largest absolute Gasteiger partial charge is 0.383 e. The Balaban J connectivity index is 1.87. The van der Waals surface area contributed by atoms with Crippen LogP contribution in [0.3, 0.4) is 0 Å². The maximum Gasteiger partial charge on any atom is 0.154 e. The van der Waals surface area contributed by atoms with E-state index in [1.807, 2.05) is 18.2 Å². The van der Waals surface area contributed by atoms with Crippen LogP contribution in [0.1, 0.15) is 25.7 Å². The van der Waals surface area contributed by atoms with Gasteiger partial charge in [0, 0.05) is 6.54 Å². The van der Waals surface area contributed by atoms with Gasteiger partial charge in [-0.05, 0) is 25.0 Å². The molecule has 1 fully saturated rings. The van der Waals surface area contributed by atoms with Gasteiger partial charge in [-0.2, -0.15) is 0 Å². The van der Waals surface area contributed by atoms with Crippen LogP contribution in [0.25, 0.3) is 0 Å². The Hall–Kier alpha value is -0.740. The van der Waals surface area contributed by atoms with Gasteiger partial charge in [-0.3, -0.25) is 0 Å². The summed E-state index contributed by atoms with van der Waals surface area (Å²) in [5.74, 6) is 0.183. The Labute approximate surface area is 113 Å². The van der Waals surface area contributed by atoms with Gasteiger partial charge in [0.15, 0.2) is 9.84 Å². The fourth-order valence-electron chi connectivity index (χ4n) is 2.35. The Morgan fingerprint density at radius 1 is 1.22 bits per heavy atom. The van der Waals surface area contributed by atoms with Crippen molar-refractivity contribution in [2.45, 2.75) is 30.9 Å². The van der Waals surface area contributed by atoms with Crippen molar-refractivity contribution in [2.24, 2.45) is 0 Å². The van der Waals surface area contributed by atoms with Crippen LogP contribution in [0.5, 0.6) is 0 Å². The van der Waals surface area contributed by atoms with E-state index < -0.39 is 9.84 Å². The number of benzene rings is 1. The summed E-state index contributed by atoms with van der Waals surface area (Å²) in [4.78, 5) is 0. The minimum Gasteiger partial charge on any atom is -0.383 e. The molecule has 0 radical (unpaired) electrons. The summed E-state index contributed by atoms with van der Waals surface area (Å²) in [6.07, 6.45) is 3.74. The predicted molar refractivity (Wildman–Crippen MR) is 76.0 cm³/mol.